The summed E-state index contributed by atoms with van der Waals surface area (Å²) in [6.45, 7) is 5.62. The lowest BCUT2D eigenvalue weighted by Crippen LogP contribution is -2.33. The van der Waals surface area contributed by atoms with Crippen LogP contribution in [-0.4, -0.2) is 42.1 Å². The number of aryl methyl sites for hydroxylation is 1. The molecule has 3 rings (SSSR count). The van der Waals surface area contributed by atoms with E-state index in [0.29, 0.717) is 10.0 Å². The summed E-state index contributed by atoms with van der Waals surface area (Å²) in [5.41, 5.74) is 1.68. The third-order valence-electron chi connectivity index (χ3n) is 4.04. The molecule has 7 nitrogen and oxygen atoms in total. The van der Waals surface area contributed by atoms with E-state index in [1.165, 1.54) is 23.1 Å². The predicted molar refractivity (Wildman–Crippen MR) is 122 cm³/mol. The van der Waals surface area contributed by atoms with Crippen LogP contribution in [0, 0.1) is 6.92 Å². The molecule has 1 aromatic carbocycles. The molecular weight excluding hydrogens is 466 g/mol. The summed E-state index contributed by atoms with van der Waals surface area (Å²) in [7, 11) is -4.03. The number of anilines is 1. The van der Waals surface area contributed by atoms with Crippen LogP contribution in [0.15, 0.2) is 57.7 Å². The van der Waals surface area contributed by atoms with E-state index in [9.17, 15) is 18.0 Å². The van der Waals surface area contributed by atoms with Crippen LogP contribution < -0.4 is 5.32 Å². The maximum absolute atomic E-state index is 12.7. The minimum Gasteiger partial charge on any atom is -0.326 e. The third kappa shape index (κ3) is 5.31. The summed E-state index contributed by atoms with van der Waals surface area (Å²) in [6, 6.07) is 10.1. The Bertz CT molecular complexity index is 1110. The second kappa shape index (κ2) is 9.34. The van der Waals surface area contributed by atoms with Gasteiger partial charge in [0.05, 0.1) is 4.34 Å². The van der Waals surface area contributed by atoms with Crippen molar-refractivity contribution in [2.24, 2.45) is 4.40 Å². The van der Waals surface area contributed by atoms with Gasteiger partial charge in [-0.1, -0.05) is 47.1 Å². The minimum atomic E-state index is -4.03. The number of nitrogens with one attached hydrogen (secondary N) is 1. The van der Waals surface area contributed by atoms with E-state index < -0.39 is 21.2 Å². The van der Waals surface area contributed by atoms with Gasteiger partial charge in [-0.15, -0.1) is 22.3 Å². The number of carbonyl (C=O) groups is 2. The highest BCUT2D eigenvalue weighted by atomic mass is 35.5. The Labute approximate surface area is 187 Å². The number of sulfonamides is 1. The molecule has 2 aromatic rings. The third-order valence-corrected chi connectivity index (χ3v) is 8.30. The molecular formula is C19H18ClN3O4S3. The number of nitrogens with zero attached hydrogens (tertiary/aromatic N) is 2. The lowest BCUT2D eigenvalue weighted by atomic mass is 10.2. The first-order valence-corrected chi connectivity index (χ1v) is 12.3. The number of thioether (sulfide) groups is 1. The van der Waals surface area contributed by atoms with Crippen molar-refractivity contribution in [1.82, 2.24) is 4.90 Å². The van der Waals surface area contributed by atoms with E-state index in [-0.39, 0.29) is 28.2 Å². The van der Waals surface area contributed by atoms with Crippen LogP contribution in [0.2, 0.25) is 4.34 Å². The molecule has 1 aromatic heterocycles. The van der Waals surface area contributed by atoms with Gasteiger partial charge >= 0.3 is 0 Å². The molecule has 1 aliphatic heterocycles. The first-order valence-electron chi connectivity index (χ1n) is 8.75. The Morgan fingerprint density at radius 2 is 2.00 bits per heavy atom. The van der Waals surface area contributed by atoms with Crippen molar-refractivity contribution in [2.45, 2.75) is 22.8 Å². The molecule has 0 unspecified atom stereocenters. The Morgan fingerprint density at radius 3 is 2.60 bits per heavy atom. The van der Waals surface area contributed by atoms with E-state index in [4.69, 9.17) is 11.6 Å². The number of halogens is 1. The summed E-state index contributed by atoms with van der Waals surface area (Å²) in [5.74, 6) is -0.741. The maximum atomic E-state index is 12.7. The lowest BCUT2D eigenvalue weighted by Gasteiger charge is -2.13. The van der Waals surface area contributed by atoms with E-state index in [1.54, 1.807) is 12.1 Å². The van der Waals surface area contributed by atoms with Gasteiger partial charge in [-0.25, -0.2) is 0 Å². The number of amidine groups is 1. The SMILES string of the molecule is C=CCN1C(=O)[C@H](CC(=O)Nc2ccc(C)cc2)SC1=NS(=O)(=O)c1ccc(Cl)s1. The van der Waals surface area contributed by atoms with Crippen LogP contribution >= 0.6 is 34.7 Å². The monoisotopic (exact) mass is 483 g/mol. The Morgan fingerprint density at radius 1 is 1.30 bits per heavy atom. The normalized spacial score (nSPS) is 18.1. The zero-order chi connectivity index (χ0) is 21.9. The summed E-state index contributed by atoms with van der Waals surface area (Å²) in [5, 5.41) is 1.97. The van der Waals surface area contributed by atoms with Crippen molar-refractivity contribution < 1.29 is 18.0 Å². The number of carbonyl (C=O) groups excluding carboxylic acids is 2. The zero-order valence-electron chi connectivity index (χ0n) is 15.9. The number of rotatable bonds is 7. The molecule has 158 valence electrons. The van der Waals surface area contributed by atoms with Crippen molar-refractivity contribution in [1.29, 1.82) is 0 Å². The summed E-state index contributed by atoms with van der Waals surface area (Å²) < 4.78 is 29.2. The molecule has 11 heteroatoms. The first-order chi connectivity index (χ1) is 14.2. The van der Waals surface area contributed by atoms with Crippen LogP contribution in [0.5, 0.6) is 0 Å². The van der Waals surface area contributed by atoms with Gasteiger partial charge in [-0.05, 0) is 31.2 Å². The molecule has 0 radical (unpaired) electrons. The zero-order valence-corrected chi connectivity index (χ0v) is 19.1. The molecule has 1 saturated heterocycles. The second-order valence-electron chi connectivity index (χ2n) is 6.37. The molecule has 0 spiro atoms. The molecule has 1 atom stereocenters. The molecule has 1 fully saturated rings. The van der Waals surface area contributed by atoms with Crippen molar-refractivity contribution in [3.05, 3.63) is 59.0 Å². The molecule has 2 amide bonds. The highest BCUT2D eigenvalue weighted by Gasteiger charge is 2.39. The van der Waals surface area contributed by atoms with E-state index in [0.717, 1.165) is 28.7 Å². The largest absolute Gasteiger partial charge is 0.326 e. The van der Waals surface area contributed by atoms with Gasteiger partial charge in [0.2, 0.25) is 11.8 Å². The molecule has 30 heavy (non-hydrogen) atoms. The fourth-order valence-electron chi connectivity index (χ4n) is 2.61. The molecule has 0 aliphatic carbocycles. The van der Waals surface area contributed by atoms with Crippen molar-refractivity contribution >= 4 is 67.4 Å². The fraction of sp³-hybridized carbons (Fsp3) is 0.211. The molecule has 2 heterocycles. The van der Waals surface area contributed by atoms with Crippen LogP contribution in [0.25, 0.3) is 0 Å². The topological polar surface area (TPSA) is 95.9 Å². The average Bonchev–Trinajstić information content (AvgIpc) is 3.23. The maximum Gasteiger partial charge on any atom is 0.294 e. The van der Waals surface area contributed by atoms with Crippen LogP contribution in [0.4, 0.5) is 5.69 Å². The highest BCUT2D eigenvalue weighted by Crippen LogP contribution is 2.33. The van der Waals surface area contributed by atoms with Crippen molar-refractivity contribution in [3.8, 4) is 0 Å². The van der Waals surface area contributed by atoms with Crippen molar-refractivity contribution in [3.63, 3.8) is 0 Å². The number of benzene rings is 1. The van der Waals surface area contributed by atoms with E-state index in [2.05, 4.69) is 16.3 Å². The smallest absolute Gasteiger partial charge is 0.294 e. The predicted octanol–water partition coefficient (Wildman–Crippen LogP) is 3.91. The first kappa shape index (κ1) is 22.5. The van der Waals surface area contributed by atoms with E-state index in [1.807, 2.05) is 19.1 Å². The van der Waals surface area contributed by atoms with Gasteiger partial charge in [0, 0.05) is 18.7 Å². The lowest BCUT2D eigenvalue weighted by molar-refractivity contribution is -0.127. The second-order valence-corrected chi connectivity index (χ2v) is 11.1. The Balaban J connectivity index is 1.77. The molecule has 1 N–H and O–H groups in total. The van der Waals surface area contributed by atoms with Gasteiger partial charge in [0.1, 0.15) is 9.46 Å². The quantitative estimate of drug-likeness (QED) is 0.602. The Hall–Kier alpha value is -2.14. The van der Waals surface area contributed by atoms with Gasteiger partial charge in [-0.2, -0.15) is 8.42 Å². The van der Waals surface area contributed by atoms with Crippen LogP contribution in [-0.2, 0) is 19.6 Å². The fourth-order valence-corrected chi connectivity index (χ4v) is 6.43. The Kier molecular flexibility index (Phi) is 7.02. The average molecular weight is 484 g/mol. The molecule has 0 saturated carbocycles. The number of hydrogen-bond acceptors (Lipinski definition) is 6. The number of thiophene rings is 1. The van der Waals surface area contributed by atoms with Crippen LogP contribution in [0.3, 0.4) is 0 Å². The van der Waals surface area contributed by atoms with Gasteiger partial charge < -0.3 is 5.32 Å². The number of hydrogen-bond donors (Lipinski definition) is 1. The molecule has 1 aliphatic rings. The minimum absolute atomic E-state index is 0.0116. The standard InChI is InChI=1S/C19H18ClN3O4S3/c1-3-10-23-18(25)14(11-16(24)21-13-6-4-12(2)5-7-13)28-19(23)22-30(26,27)17-9-8-15(20)29-17/h3-9,14H,1,10-11H2,2H3,(H,21,24)/t14-/m0/s1. The van der Waals surface area contributed by atoms with Gasteiger partial charge in [-0.3, -0.25) is 14.5 Å². The summed E-state index contributed by atoms with van der Waals surface area (Å²) in [4.78, 5) is 26.4. The molecule has 0 bridgehead atoms. The van der Waals surface area contributed by atoms with Gasteiger partial charge in [0.15, 0.2) is 5.17 Å². The number of amides is 2. The van der Waals surface area contributed by atoms with Crippen LogP contribution in [0.1, 0.15) is 12.0 Å². The van der Waals surface area contributed by atoms with E-state index >= 15 is 0 Å². The summed E-state index contributed by atoms with van der Waals surface area (Å²) in [6.07, 6.45) is 1.35. The van der Waals surface area contributed by atoms with Crippen molar-refractivity contribution in [2.75, 3.05) is 11.9 Å². The highest BCUT2D eigenvalue weighted by molar-refractivity contribution is 8.16. The van der Waals surface area contributed by atoms with Gasteiger partial charge in [0.25, 0.3) is 10.0 Å². The summed E-state index contributed by atoms with van der Waals surface area (Å²) >= 11 is 7.65.